The highest BCUT2D eigenvalue weighted by Gasteiger charge is 2.38. The van der Waals surface area contributed by atoms with Crippen LogP contribution in [0.2, 0.25) is 0 Å². The zero-order valence-electron chi connectivity index (χ0n) is 11.0. The fourth-order valence-corrected chi connectivity index (χ4v) is 2.33. The lowest BCUT2D eigenvalue weighted by Crippen LogP contribution is -2.30. The summed E-state index contributed by atoms with van der Waals surface area (Å²) in [5.41, 5.74) is 6.80. The number of fused-ring (bicyclic) bond motifs is 1. The van der Waals surface area contributed by atoms with E-state index in [0.717, 1.165) is 22.6 Å². The van der Waals surface area contributed by atoms with Gasteiger partial charge < -0.3 is 5.73 Å². The number of nitrogens with two attached hydrogens (primary N) is 1. The first kappa shape index (κ1) is 13.2. The Morgan fingerprint density at radius 2 is 1.48 bits per heavy atom. The topological polar surface area (TPSA) is 63.4 Å². The van der Waals surface area contributed by atoms with E-state index in [2.05, 4.69) is 0 Å². The Bertz CT molecular complexity index is 762. The van der Waals surface area contributed by atoms with Crippen LogP contribution in [0, 0.1) is 18.6 Å². The summed E-state index contributed by atoms with van der Waals surface area (Å²) in [4.78, 5) is 25.4. The van der Waals surface area contributed by atoms with E-state index in [1.165, 1.54) is 6.07 Å². The molecule has 0 atom stereocenters. The predicted octanol–water partition coefficient (Wildman–Crippen LogP) is 2.66. The molecule has 1 aliphatic heterocycles. The summed E-state index contributed by atoms with van der Waals surface area (Å²) in [5.74, 6) is -3.78. The molecule has 0 saturated heterocycles. The molecular weight excluding hydrogens is 278 g/mol. The Morgan fingerprint density at radius 1 is 0.952 bits per heavy atom. The summed E-state index contributed by atoms with van der Waals surface area (Å²) >= 11 is 0. The van der Waals surface area contributed by atoms with Gasteiger partial charge in [-0.25, -0.2) is 13.7 Å². The molecule has 1 heterocycles. The second kappa shape index (κ2) is 4.37. The van der Waals surface area contributed by atoms with E-state index in [9.17, 15) is 18.4 Å². The molecule has 106 valence electrons. The van der Waals surface area contributed by atoms with Crippen molar-refractivity contribution in [2.45, 2.75) is 6.92 Å². The van der Waals surface area contributed by atoms with Gasteiger partial charge in [0.25, 0.3) is 11.8 Å². The highest BCUT2D eigenvalue weighted by molar-refractivity contribution is 6.35. The molecular formula is C15H10F2N2O2. The van der Waals surface area contributed by atoms with Crippen molar-refractivity contribution in [3.05, 3.63) is 58.7 Å². The Balaban J connectivity index is 2.16. The molecule has 0 saturated carbocycles. The maximum Gasteiger partial charge on any atom is 0.266 e. The van der Waals surface area contributed by atoms with E-state index in [1.807, 2.05) is 6.92 Å². The highest BCUT2D eigenvalue weighted by Crippen LogP contribution is 2.33. The van der Waals surface area contributed by atoms with Crippen LogP contribution >= 0.6 is 0 Å². The molecule has 2 aromatic rings. The largest absolute Gasteiger partial charge is 0.397 e. The zero-order chi connectivity index (χ0) is 15.3. The van der Waals surface area contributed by atoms with Crippen LogP contribution in [0.25, 0.3) is 0 Å². The van der Waals surface area contributed by atoms with Crippen molar-refractivity contribution in [3.63, 3.8) is 0 Å². The predicted molar refractivity (Wildman–Crippen MR) is 73.1 cm³/mol. The average Bonchev–Trinajstić information content (AvgIpc) is 2.64. The van der Waals surface area contributed by atoms with Crippen molar-refractivity contribution in [3.8, 4) is 0 Å². The number of rotatable bonds is 1. The number of carbonyl (C=O) groups excluding carboxylic acids is 2. The maximum atomic E-state index is 13.3. The maximum absolute atomic E-state index is 13.3. The molecule has 0 spiro atoms. The fourth-order valence-electron chi connectivity index (χ4n) is 2.33. The summed E-state index contributed by atoms with van der Waals surface area (Å²) < 4.78 is 26.5. The number of aryl methyl sites for hydroxylation is 1. The van der Waals surface area contributed by atoms with Crippen molar-refractivity contribution in [2.24, 2.45) is 0 Å². The molecule has 0 fully saturated rings. The van der Waals surface area contributed by atoms with Gasteiger partial charge in [0, 0.05) is 0 Å². The number of nitrogen functional groups attached to an aromatic ring is 1. The van der Waals surface area contributed by atoms with Crippen LogP contribution in [0.4, 0.5) is 20.2 Å². The van der Waals surface area contributed by atoms with E-state index in [-0.39, 0.29) is 22.5 Å². The lowest BCUT2D eigenvalue weighted by molar-refractivity contribution is 0.0926. The van der Waals surface area contributed by atoms with E-state index in [0.29, 0.717) is 0 Å². The van der Waals surface area contributed by atoms with Gasteiger partial charge in [-0.15, -0.1) is 0 Å². The van der Waals surface area contributed by atoms with Crippen LogP contribution in [0.3, 0.4) is 0 Å². The standard InChI is InChI=1S/C15H10F2N2O2/c1-7-2-3-13(12(18)4-7)19-14(20)8-5-10(16)11(17)6-9(8)15(19)21/h2-6H,18H2,1H3. The molecule has 0 aromatic heterocycles. The molecule has 3 rings (SSSR count). The molecule has 2 aromatic carbocycles. The minimum absolute atomic E-state index is 0.168. The van der Waals surface area contributed by atoms with Gasteiger partial charge in [0.15, 0.2) is 11.6 Å². The van der Waals surface area contributed by atoms with Gasteiger partial charge >= 0.3 is 0 Å². The third-order valence-electron chi connectivity index (χ3n) is 3.35. The first-order chi connectivity index (χ1) is 9.90. The first-order valence-electron chi connectivity index (χ1n) is 6.14. The summed E-state index contributed by atoms with van der Waals surface area (Å²) in [6, 6.07) is 6.29. The summed E-state index contributed by atoms with van der Waals surface area (Å²) in [7, 11) is 0. The van der Waals surface area contributed by atoms with Crippen LogP contribution in [-0.4, -0.2) is 11.8 Å². The molecule has 2 N–H and O–H groups in total. The molecule has 0 bridgehead atoms. The third kappa shape index (κ3) is 1.87. The molecule has 0 aliphatic carbocycles. The number of nitrogens with zero attached hydrogens (tertiary/aromatic N) is 1. The number of benzene rings is 2. The molecule has 0 unspecified atom stereocenters. The fraction of sp³-hybridized carbons (Fsp3) is 0.0667. The first-order valence-corrected chi connectivity index (χ1v) is 6.14. The SMILES string of the molecule is Cc1ccc(N2C(=O)c3cc(F)c(F)cc3C2=O)c(N)c1. The number of anilines is 2. The number of carbonyl (C=O) groups is 2. The van der Waals surface area contributed by atoms with Crippen molar-refractivity contribution >= 4 is 23.2 Å². The lowest BCUT2D eigenvalue weighted by Gasteiger charge is -2.16. The van der Waals surface area contributed by atoms with Crippen molar-refractivity contribution in [1.29, 1.82) is 0 Å². The number of halogens is 2. The van der Waals surface area contributed by atoms with E-state index >= 15 is 0 Å². The minimum atomic E-state index is -1.17. The Labute approximate surface area is 118 Å². The van der Waals surface area contributed by atoms with Gasteiger partial charge in [0.2, 0.25) is 0 Å². The number of hydrogen-bond acceptors (Lipinski definition) is 3. The van der Waals surface area contributed by atoms with Crippen LogP contribution in [0.15, 0.2) is 30.3 Å². The molecule has 21 heavy (non-hydrogen) atoms. The molecule has 1 aliphatic rings. The lowest BCUT2D eigenvalue weighted by atomic mass is 10.1. The number of imide groups is 1. The highest BCUT2D eigenvalue weighted by atomic mass is 19.2. The van der Waals surface area contributed by atoms with E-state index < -0.39 is 23.4 Å². The van der Waals surface area contributed by atoms with Gasteiger partial charge in [-0.1, -0.05) is 6.07 Å². The van der Waals surface area contributed by atoms with Crippen molar-refractivity contribution in [2.75, 3.05) is 10.6 Å². The summed E-state index contributed by atoms with van der Waals surface area (Å²) in [5, 5.41) is 0. The van der Waals surface area contributed by atoms with E-state index in [1.54, 1.807) is 12.1 Å². The van der Waals surface area contributed by atoms with Gasteiger partial charge in [-0.05, 0) is 36.8 Å². The monoisotopic (exact) mass is 288 g/mol. The second-order valence-electron chi connectivity index (χ2n) is 4.82. The Kier molecular flexibility index (Phi) is 2.76. The minimum Gasteiger partial charge on any atom is -0.397 e. The second-order valence-corrected chi connectivity index (χ2v) is 4.82. The average molecular weight is 288 g/mol. The Morgan fingerprint density at radius 3 is 1.95 bits per heavy atom. The molecule has 4 nitrogen and oxygen atoms in total. The van der Waals surface area contributed by atoms with Crippen molar-refractivity contribution in [1.82, 2.24) is 0 Å². The van der Waals surface area contributed by atoms with E-state index in [4.69, 9.17) is 5.73 Å². The van der Waals surface area contributed by atoms with Gasteiger partial charge in [-0.2, -0.15) is 0 Å². The molecule has 2 amide bonds. The number of amides is 2. The molecule has 0 radical (unpaired) electrons. The normalized spacial score (nSPS) is 13.8. The quantitative estimate of drug-likeness (QED) is 0.648. The third-order valence-corrected chi connectivity index (χ3v) is 3.35. The van der Waals surface area contributed by atoms with Crippen LogP contribution < -0.4 is 10.6 Å². The van der Waals surface area contributed by atoms with Crippen LogP contribution in [0.1, 0.15) is 26.3 Å². The van der Waals surface area contributed by atoms with Crippen LogP contribution in [0.5, 0.6) is 0 Å². The summed E-state index contributed by atoms with van der Waals surface area (Å²) in [6.45, 7) is 1.81. The summed E-state index contributed by atoms with van der Waals surface area (Å²) in [6.07, 6.45) is 0. The van der Waals surface area contributed by atoms with Gasteiger partial charge in [0.1, 0.15) is 0 Å². The molecule has 6 heteroatoms. The van der Waals surface area contributed by atoms with Crippen LogP contribution in [-0.2, 0) is 0 Å². The smallest absolute Gasteiger partial charge is 0.266 e. The number of hydrogen-bond donors (Lipinski definition) is 1. The zero-order valence-corrected chi connectivity index (χ0v) is 11.0. The Hall–Kier alpha value is -2.76. The van der Waals surface area contributed by atoms with Crippen molar-refractivity contribution < 1.29 is 18.4 Å². The van der Waals surface area contributed by atoms with Gasteiger partial charge in [-0.3, -0.25) is 9.59 Å². The van der Waals surface area contributed by atoms with Gasteiger partial charge in [0.05, 0.1) is 22.5 Å².